The van der Waals surface area contributed by atoms with Gasteiger partial charge in [-0.25, -0.2) is 9.97 Å². The summed E-state index contributed by atoms with van der Waals surface area (Å²) in [5, 5.41) is 15.0. The third-order valence-corrected chi connectivity index (χ3v) is 6.62. The molecule has 2 aromatic heterocycles. The van der Waals surface area contributed by atoms with Crippen molar-refractivity contribution < 1.29 is 9.53 Å². The first-order valence-electron chi connectivity index (χ1n) is 10.2. The molecule has 31 heavy (non-hydrogen) atoms. The Morgan fingerprint density at radius 2 is 2.19 bits per heavy atom. The number of benzene rings is 1. The molecule has 0 saturated heterocycles. The SMILES string of the molecule is COc1cc(N)c(C=N)cc1Nc1ncnc2sc3c(c12)CCC(C(=O)NC(C)C)C3. The lowest BCUT2D eigenvalue weighted by Gasteiger charge is -2.23. The number of aromatic nitrogens is 2. The van der Waals surface area contributed by atoms with E-state index < -0.39 is 0 Å². The Morgan fingerprint density at radius 3 is 2.90 bits per heavy atom. The molecule has 5 N–H and O–H groups in total. The lowest BCUT2D eigenvalue weighted by atomic mass is 9.87. The van der Waals surface area contributed by atoms with Crippen LogP contribution >= 0.6 is 11.3 Å². The number of carbonyl (C=O) groups excluding carboxylic acids is 1. The molecule has 0 fully saturated rings. The van der Waals surface area contributed by atoms with Crippen LogP contribution < -0.4 is 21.1 Å². The topological polar surface area (TPSA) is 126 Å². The van der Waals surface area contributed by atoms with Gasteiger partial charge >= 0.3 is 0 Å². The van der Waals surface area contributed by atoms with Crippen LogP contribution in [0.25, 0.3) is 10.2 Å². The van der Waals surface area contributed by atoms with Gasteiger partial charge in [-0.05, 0) is 44.7 Å². The summed E-state index contributed by atoms with van der Waals surface area (Å²) < 4.78 is 5.47. The fourth-order valence-corrected chi connectivity index (χ4v) is 5.23. The minimum absolute atomic E-state index is 0.0142. The van der Waals surface area contributed by atoms with Gasteiger partial charge in [-0.2, -0.15) is 0 Å². The maximum Gasteiger partial charge on any atom is 0.223 e. The molecule has 9 heteroatoms. The Hall–Kier alpha value is -3.20. The van der Waals surface area contributed by atoms with Gasteiger partial charge < -0.3 is 26.5 Å². The van der Waals surface area contributed by atoms with Crippen molar-refractivity contribution in [3.05, 3.63) is 34.5 Å². The van der Waals surface area contributed by atoms with Gasteiger partial charge in [0.1, 0.15) is 22.7 Å². The first-order valence-corrected chi connectivity index (χ1v) is 11.0. The van der Waals surface area contributed by atoms with E-state index in [1.807, 2.05) is 13.8 Å². The molecule has 162 valence electrons. The van der Waals surface area contributed by atoms with Crippen LogP contribution in [0.2, 0.25) is 0 Å². The highest BCUT2D eigenvalue weighted by Gasteiger charge is 2.29. The summed E-state index contributed by atoms with van der Waals surface area (Å²) in [6.45, 7) is 3.96. The first-order chi connectivity index (χ1) is 14.9. The number of ether oxygens (including phenoxy) is 1. The van der Waals surface area contributed by atoms with Crippen LogP contribution in [-0.4, -0.2) is 35.2 Å². The molecule has 0 radical (unpaired) electrons. The molecule has 0 bridgehead atoms. The molecule has 0 aliphatic heterocycles. The molecule has 1 amide bonds. The standard InChI is InChI=1S/C22H26N6O2S/c1-11(2)27-21(29)12-4-5-14-18(7-12)31-22-19(14)20(25-10-26-22)28-16-6-13(9-23)15(24)8-17(16)30-3/h6,8-12,23H,4-5,7,24H2,1-3H3,(H,27,29)(H,25,26,28). The second-order valence-corrected chi connectivity index (χ2v) is 9.04. The second kappa shape index (κ2) is 8.50. The second-order valence-electron chi connectivity index (χ2n) is 7.96. The molecular weight excluding hydrogens is 412 g/mol. The van der Waals surface area contributed by atoms with E-state index in [1.54, 1.807) is 30.6 Å². The highest BCUT2D eigenvalue weighted by atomic mass is 32.1. The maximum absolute atomic E-state index is 12.5. The number of thiophene rings is 1. The van der Waals surface area contributed by atoms with E-state index in [-0.39, 0.29) is 17.9 Å². The average molecular weight is 439 g/mol. The summed E-state index contributed by atoms with van der Waals surface area (Å²) in [6.07, 6.45) is 5.08. The number of rotatable bonds is 6. The predicted molar refractivity (Wildman–Crippen MR) is 125 cm³/mol. The van der Waals surface area contributed by atoms with Gasteiger partial charge in [0.25, 0.3) is 0 Å². The largest absolute Gasteiger partial charge is 0.494 e. The predicted octanol–water partition coefficient (Wildman–Crippen LogP) is 3.65. The zero-order valence-corrected chi connectivity index (χ0v) is 18.6. The van der Waals surface area contributed by atoms with E-state index in [1.165, 1.54) is 23.0 Å². The highest BCUT2D eigenvalue weighted by molar-refractivity contribution is 7.19. The van der Waals surface area contributed by atoms with E-state index in [0.717, 1.165) is 29.5 Å². The van der Waals surface area contributed by atoms with Crippen molar-refractivity contribution in [3.8, 4) is 5.75 Å². The number of carbonyl (C=O) groups is 1. The van der Waals surface area contributed by atoms with Crippen molar-refractivity contribution in [3.63, 3.8) is 0 Å². The monoisotopic (exact) mass is 438 g/mol. The minimum atomic E-state index is -0.0142. The van der Waals surface area contributed by atoms with E-state index in [9.17, 15) is 4.79 Å². The Kier molecular flexibility index (Phi) is 5.77. The van der Waals surface area contributed by atoms with Crippen LogP contribution in [0.3, 0.4) is 0 Å². The third-order valence-electron chi connectivity index (χ3n) is 5.46. The molecule has 0 spiro atoms. The number of fused-ring (bicyclic) bond motifs is 3. The van der Waals surface area contributed by atoms with Gasteiger partial charge in [0.2, 0.25) is 5.91 Å². The van der Waals surface area contributed by atoms with Crippen molar-refractivity contribution >= 4 is 50.9 Å². The van der Waals surface area contributed by atoms with Gasteiger partial charge in [0.15, 0.2) is 0 Å². The molecule has 8 nitrogen and oxygen atoms in total. The van der Waals surface area contributed by atoms with Crippen molar-refractivity contribution in [1.82, 2.24) is 15.3 Å². The van der Waals surface area contributed by atoms with Crippen molar-refractivity contribution in [2.24, 2.45) is 5.92 Å². The third kappa shape index (κ3) is 4.05. The van der Waals surface area contributed by atoms with Crippen LogP contribution in [0.15, 0.2) is 18.5 Å². The molecule has 4 rings (SSSR count). The highest BCUT2D eigenvalue weighted by Crippen LogP contribution is 2.41. The summed E-state index contributed by atoms with van der Waals surface area (Å²) in [7, 11) is 1.58. The van der Waals surface area contributed by atoms with Crippen LogP contribution in [-0.2, 0) is 17.6 Å². The Labute approximate surface area is 184 Å². The van der Waals surface area contributed by atoms with Crippen molar-refractivity contribution in [2.75, 3.05) is 18.2 Å². The quantitative estimate of drug-likeness (QED) is 0.344. The number of nitrogens with one attached hydrogen (secondary N) is 3. The molecule has 1 aliphatic rings. The van der Waals surface area contributed by atoms with Gasteiger partial charge in [-0.1, -0.05) is 0 Å². The Bertz CT molecular complexity index is 1160. The molecule has 1 unspecified atom stereocenters. The molecule has 2 heterocycles. The lowest BCUT2D eigenvalue weighted by Crippen LogP contribution is -2.37. The van der Waals surface area contributed by atoms with Crippen LogP contribution in [0.1, 0.15) is 36.3 Å². The number of nitrogens with zero attached hydrogens (tertiary/aromatic N) is 2. The fourth-order valence-electron chi connectivity index (χ4n) is 3.96. The van der Waals surface area contributed by atoms with Gasteiger partial charge in [0.05, 0.1) is 18.2 Å². The van der Waals surface area contributed by atoms with Gasteiger partial charge in [0, 0.05) is 40.4 Å². The Morgan fingerprint density at radius 1 is 1.39 bits per heavy atom. The van der Waals surface area contributed by atoms with Gasteiger partial charge in [-0.3, -0.25) is 4.79 Å². The number of nitrogen functional groups attached to an aromatic ring is 1. The number of aryl methyl sites for hydroxylation is 1. The summed E-state index contributed by atoms with van der Waals surface area (Å²) in [5.74, 6) is 1.36. The average Bonchev–Trinajstić information content (AvgIpc) is 3.12. The molecular formula is C22H26N6O2S. The summed E-state index contributed by atoms with van der Waals surface area (Å²) in [5.41, 5.74) is 8.95. The van der Waals surface area contributed by atoms with Crippen LogP contribution in [0.5, 0.6) is 5.75 Å². The molecule has 1 atom stereocenters. The molecule has 1 aromatic carbocycles. The minimum Gasteiger partial charge on any atom is -0.494 e. The van der Waals surface area contributed by atoms with E-state index >= 15 is 0 Å². The van der Waals surface area contributed by atoms with Crippen molar-refractivity contribution in [1.29, 1.82) is 5.41 Å². The molecule has 0 saturated carbocycles. The zero-order valence-electron chi connectivity index (χ0n) is 17.8. The number of amides is 1. The molecule has 1 aliphatic carbocycles. The van der Waals surface area contributed by atoms with Gasteiger partial charge in [-0.15, -0.1) is 11.3 Å². The number of nitrogens with two attached hydrogens (primary N) is 1. The smallest absolute Gasteiger partial charge is 0.223 e. The maximum atomic E-state index is 12.5. The molecule has 3 aromatic rings. The fraction of sp³-hybridized carbons (Fsp3) is 0.364. The Balaban J connectivity index is 1.70. The van der Waals surface area contributed by atoms with E-state index in [0.29, 0.717) is 28.5 Å². The van der Waals surface area contributed by atoms with E-state index in [2.05, 4.69) is 20.6 Å². The zero-order chi connectivity index (χ0) is 22.1. The van der Waals surface area contributed by atoms with E-state index in [4.69, 9.17) is 15.9 Å². The number of hydrogen-bond acceptors (Lipinski definition) is 8. The first kappa shape index (κ1) is 21.0. The number of hydrogen-bond donors (Lipinski definition) is 4. The number of anilines is 3. The summed E-state index contributed by atoms with van der Waals surface area (Å²) in [6, 6.07) is 3.61. The van der Waals surface area contributed by atoms with Crippen LogP contribution in [0.4, 0.5) is 17.2 Å². The lowest BCUT2D eigenvalue weighted by molar-refractivity contribution is -0.125. The summed E-state index contributed by atoms with van der Waals surface area (Å²) in [4.78, 5) is 23.6. The number of methoxy groups -OCH3 is 1. The van der Waals surface area contributed by atoms with Crippen LogP contribution in [0, 0.1) is 11.3 Å². The van der Waals surface area contributed by atoms with Crippen molar-refractivity contribution in [2.45, 2.75) is 39.2 Å². The normalized spacial score (nSPS) is 15.5. The summed E-state index contributed by atoms with van der Waals surface area (Å²) >= 11 is 1.63.